The summed E-state index contributed by atoms with van der Waals surface area (Å²) < 4.78 is 4.93. The number of esters is 1. The smallest absolute Gasteiger partial charge is 0.367 e. The van der Waals surface area contributed by atoms with Crippen molar-refractivity contribution in [2.24, 2.45) is 0 Å². The van der Waals surface area contributed by atoms with E-state index in [1.807, 2.05) is 23.6 Å². The Labute approximate surface area is 124 Å². The number of benzene rings is 1. The van der Waals surface area contributed by atoms with Crippen LogP contribution in [0.15, 0.2) is 40.5 Å². The number of hydrogen-bond donors (Lipinski definition) is 1. The van der Waals surface area contributed by atoms with Crippen LogP contribution in [0.4, 0.5) is 0 Å². The van der Waals surface area contributed by atoms with Crippen molar-refractivity contribution in [2.45, 2.75) is 6.92 Å². The van der Waals surface area contributed by atoms with Gasteiger partial charge in [0.25, 0.3) is 0 Å². The molecule has 0 aliphatic carbocycles. The van der Waals surface area contributed by atoms with Crippen LogP contribution in [0.3, 0.4) is 0 Å². The summed E-state index contributed by atoms with van der Waals surface area (Å²) >= 11 is 1.26. The number of H-pyrrole nitrogens is 1. The summed E-state index contributed by atoms with van der Waals surface area (Å²) in [6.45, 7) is 2.09. The number of nitrogens with one attached hydrogen (secondary N) is 1. The number of fused-ring (bicyclic) bond motifs is 1. The van der Waals surface area contributed by atoms with Crippen molar-refractivity contribution in [1.29, 1.82) is 0 Å². The molecule has 1 N–H and O–H groups in total. The lowest BCUT2D eigenvalue weighted by atomic mass is 10.1. The Kier molecular flexibility index (Phi) is 3.53. The third-order valence-corrected chi connectivity index (χ3v) is 3.80. The average Bonchev–Trinajstić information content (AvgIpc) is 2.97. The van der Waals surface area contributed by atoms with Gasteiger partial charge < -0.3 is 9.72 Å². The molecule has 1 aromatic carbocycles. The zero-order valence-corrected chi connectivity index (χ0v) is 12.1. The standard InChI is InChI=1S/C15H12N2O3S/c1-2-20-15(19)14-17-12(8-21-14)10-3-5-11-9(7-10)4-6-13(18)16-11/h3-8H,2H2,1H3,(H,16,18). The van der Waals surface area contributed by atoms with Gasteiger partial charge in [-0.1, -0.05) is 6.07 Å². The van der Waals surface area contributed by atoms with Gasteiger partial charge in [-0.3, -0.25) is 4.79 Å². The molecular formula is C15H12N2O3S. The fourth-order valence-corrected chi connectivity index (χ4v) is 2.72. The summed E-state index contributed by atoms with van der Waals surface area (Å²) in [6, 6.07) is 8.86. The second-order valence-electron chi connectivity index (χ2n) is 4.38. The monoisotopic (exact) mass is 300 g/mol. The van der Waals surface area contributed by atoms with Gasteiger partial charge in [0.15, 0.2) is 0 Å². The number of thiazole rings is 1. The molecule has 0 fully saturated rings. The van der Waals surface area contributed by atoms with Crippen molar-refractivity contribution in [3.8, 4) is 11.3 Å². The predicted octanol–water partition coefficient (Wildman–Crippen LogP) is 2.83. The molecule has 0 amide bonds. The van der Waals surface area contributed by atoms with E-state index in [1.54, 1.807) is 13.0 Å². The Balaban J connectivity index is 1.99. The highest BCUT2D eigenvalue weighted by atomic mass is 32.1. The van der Waals surface area contributed by atoms with Crippen LogP contribution in [0.1, 0.15) is 16.7 Å². The van der Waals surface area contributed by atoms with Crippen molar-refractivity contribution in [1.82, 2.24) is 9.97 Å². The van der Waals surface area contributed by atoms with Gasteiger partial charge >= 0.3 is 5.97 Å². The number of aromatic amines is 1. The Morgan fingerprint density at radius 1 is 1.33 bits per heavy atom. The molecule has 3 rings (SSSR count). The lowest BCUT2D eigenvalue weighted by Gasteiger charge is -2.01. The largest absolute Gasteiger partial charge is 0.461 e. The molecule has 5 nitrogen and oxygen atoms in total. The molecule has 0 aliphatic heterocycles. The molecule has 0 unspecified atom stereocenters. The topological polar surface area (TPSA) is 72.0 Å². The maximum atomic E-state index is 11.6. The summed E-state index contributed by atoms with van der Waals surface area (Å²) in [4.78, 5) is 29.9. The van der Waals surface area contributed by atoms with Gasteiger partial charge in [-0.2, -0.15) is 0 Å². The molecule has 6 heteroatoms. The van der Waals surface area contributed by atoms with Gasteiger partial charge in [0.1, 0.15) is 0 Å². The van der Waals surface area contributed by atoms with E-state index in [0.29, 0.717) is 11.6 Å². The molecule has 21 heavy (non-hydrogen) atoms. The molecule has 106 valence electrons. The minimum atomic E-state index is -0.404. The van der Waals surface area contributed by atoms with E-state index in [1.165, 1.54) is 17.4 Å². The molecule has 2 aromatic heterocycles. The fourth-order valence-electron chi connectivity index (χ4n) is 2.01. The Hall–Kier alpha value is -2.47. The summed E-state index contributed by atoms with van der Waals surface area (Å²) in [5.74, 6) is -0.404. The van der Waals surface area contributed by atoms with E-state index in [9.17, 15) is 9.59 Å². The SMILES string of the molecule is CCOC(=O)c1nc(-c2ccc3[nH]c(=O)ccc3c2)cs1. The van der Waals surface area contributed by atoms with Crippen LogP contribution in [0.25, 0.3) is 22.2 Å². The van der Waals surface area contributed by atoms with Crippen LogP contribution < -0.4 is 5.56 Å². The number of nitrogens with zero attached hydrogens (tertiary/aromatic N) is 1. The van der Waals surface area contributed by atoms with Crippen LogP contribution in [0.2, 0.25) is 0 Å². The fraction of sp³-hybridized carbons (Fsp3) is 0.133. The van der Waals surface area contributed by atoms with Gasteiger partial charge in [-0.15, -0.1) is 11.3 Å². The number of hydrogen-bond acceptors (Lipinski definition) is 5. The van der Waals surface area contributed by atoms with E-state index in [0.717, 1.165) is 22.2 Å². The van der Waals surface area contributed by atoms with Gasteiger partial charge in [0.2, 0.25) is 10.6 Å². The maximum Gasteiger partial charge on any atom is 0.367 e. The lowest BCUT2D eigenvalue weighted by molar-refractivity contribution is 0.0526. The quantitative estimate of drug-likeness (QED) is 0.755. The van der Waals surface area contributed by atoms with Crippen LogP contribution in [-0.2, 0) is 4.74 Å². The maximum absolute atomic E-state index is 11.6. The second-order valence-corrected chi connectivity index (χ2v) is 5.24. The van der Waals surface area contributed by atoms with Crippen LogP contribution >= 0.6 is 11.3 Å². The van der Waals surface area contributed by atoms with Gasteiger partial charge in [0.05, 0.1) is 12.3 Å². The molecule has 3 aromatic rings. The van der Waals surface area contributed by atoms with Crippen molar-refractivity contribution in [3.63, 3.8) is 0 Å². The number of pyridine rings is 1. The highest BCUT2D eigenvalue weighted by Crippen LogP contribution is 2.25. The van der Waals surface area contributed by atoms with E-state index >= 15 is 0 Å². The summed E-state index contributed by atoms with van der Waals surface area (Å²) in [5, 5.41) is 3.07. The first-order valence-electron chi connectivity index (χ1n) is 6.43. The Bertz CT molecular complexity index is 866. The predicted molar refractivity (Wildman–Crippen MR) is 81.6 cm³/mol. The van der Waals surface area contributed by atoms with Crippen LogP contribution in [0.5, 0.6) is 0 Å². The lowest BCUT2D eigenvalue weighted by Crippen LogP contribution is -2.03. The van der Waals surface area contributed by atoms with Crippen molar-refractivity contribution in [2.75, 3.05) is 6.61 Å². The number of carbonyl (C=O) groups excluding carboxylic acids is 1. The highest BCUT2D eigenvalue weighted by Gasteiger charge is 2.13. The third kappa shape index (κ3) is 2.71. The van der Waals surface area contributed by atoms with Crippen LogP contribution in [0, 0.1) is 0 Å². The molecule has 0 atom stereocenters. The zero-order valence-electron chi connectivity index (χ0n) is 11.3. The number of ether oxygens (including phenoxy) is 1. The summed E-state index contributed by atoms with van der Waals surface area (Å²) in [7, 11) is 0. The normalized spacial score (nSPS) is 10.7. The van der Waals surface area contributed by atoms with E-state index in [2.05, 4.69) is 9.97 Å². The number of carbonyl (C=O) groups is 1. The molecule has 0 radical (unpaired) electrons. The van der Waals surface area contributed by atoms with Gasteiger partial charge in [-0.25, -0.2) is 9.78 Å². The molecule has 2 heterocycles. The number of rotatable bonds is 3. The minimum absolute atomic E-state index is 0.131. The molecule has 0 saturated heterocycles. The van der Waals surface area contributed by atoms with Gasteiger partial charge in [-0.05, 0) is 30.5 Å². The van der Waals surface area contributed by atoms with Crippen LogP contribution in [-0.4, -0.2) is 22.5 Å². The summed E-state index contributed by atoms with van der Waals surface area (Å²) in [5.41, 5.74) is 2.25. The Morgan fingerprint density at radius 3 is 3.00 bits per heavy atom. The second kappa shape index (κ2) is 5.49. The van der Waals surface area contributed by atoms with Gasteiger partial charge in [0, 0.05) is 22.5 Å². The van der Waals surface area contributed by atoms with Crippen molar-refractivity contribution < 1.29 is 9.53 Å². The Morgan fingerprint density at radius 2 is 2.19 bits per heavy atom. The number of aromatic nitrogens is 2. The molecule has 0 bridgehead atoms. The first kappa shape index (κ1) is 13.5. The third-order valence-electron chi connectivity index (χ3n) is 2.97. The van der Waals surface area contributed by atoms with E-state index in [-0.39, 0.29) is 5.56 Å². The first-order valence-corrected chi connectivity index (χ1v) is 7.31. The average molecular weight is 300 g/mol. The van der Waals surface area contributed by atoms with Crippen molar-refractivity contribution >= 4 is 28.2 Å². The summed E-state index contributed by atoms with van der Waals surface area (Å²) in [6.07, 6.45) is 0. The van der Waals surface area contributed by atoms with Crippen molar-refractivity contribution in [3.05, 3.63) is 51.1 Å². The molecule has 0 aliphatic rings. The molecule has 0 spiro atoms. The zero-order chi connectivity index (χ0) is 14.8. The minimum Gasteiger partial charge on any atom is -0.461 e. The van der Waals surface area contributed by atoms with E-state index in [4.69, 9.17) is 4.74 Å². The highest BCUT2D eigenvalue weighted by molar-refractivity contribution is 7.11. The first-order chi connectivity index (χ1) is 10.2. The molecular weight excluding hydrogens is 288 g/mol. The molecule has 0 saturated carbocycles. The van der Waals surface area contributed by atoms with E-state index < -0.39 is 5.97 Å².